The van der Waals surface area contributed by atoms with Crippen LogP contribution in [-0.4, -0.2) is 42.8 Å². The third kappa shape index (κ3) is 4.18. The van der Waals surface area contributed by atoms with E-state index in [0.717, 1.165) is 37.3 Å². The quantitative estimate of drug-likeness (QED) is 0.650. The maximum Gasteiger partial charge on any atom is 0.283 e. The van der Waals surface area contributed by atoms with Crippen molar-refractivity contribution in [2.75, 3.05) is 30.4 Å². The van der Waals surface area contributed by atoms with Crippen LogP contribution in [0.5, 0.6) is 5.75 Å². The molecule has 0 radical (unpaired) electrons. The number of carbonyl (C=O) groups excluding carboxylic acids is 3. The molecular weight excluding hydrogens is 453 g/mol. The van der Waals surface area contributed by atoms with Gasteiger partial charge < -0.3 is 15.0 Å². The van der Waals surface area contributed by atoms with E-state index >= 15 is 0 Å². The van der Waals surface area contributed by atoms with Gasteiger partial charge in [-0.3, -0.25) is 14.4 Å². The minimum Gasteiger partial charge on any atom is -0.495 e. The molecule has 1 N–H and O–H groups in total. The van der Waals surface area contributed by atoms with Gasteiger partial charge in [0.1, 0.15) is 16.5 Å². The minimum absolute atomic E-state index is 0.0140. The lowest BCUT2D eigenvalue weighted by atomic mass is 10.1. The second-order valence-electron chi connectivity index (χ2n) is 7.51. The van der Waals surface area contributed by atoms with Crippen molar-refractivity contribution in [3.8, 4) is 5.75 Å². The standard InChI is InChI=1S/C23H21Cl2N3O4/c1-32-18-10-7-15(24)13-17(18)28-22(30)19(25)20(23(28)31)26-16-8-5-14(6-9-16)21(29)27-11-3-2-4-12-27/h5-10,13,26H,2-4,11-12H2,1H3. The first-order valence-electron chi connectivity index (χ1n) is 10.2. The maximum absolute atomic E-state index is 13.0. The van der Waals surface area contributed by atoms with Gasteiger partial charge in [-0.25, -0.2) is 4.90 Å². The van der Waals surface area contributed by atoms with Crippen LogP contribution >= 0.6 is 23.2 Å². The molecule has 0 aromatic heterocycles. The molecule has 0 atom stereocenters. The average Bonchev–Trinajstić information content (AvgIpc) is 3.02. The molecule has 0 unspecified atom stereocenters. The summed E-state index contributed by atoms with van der Waals surface area (Å²) in [5, 5.41) is 3.00. The predicted octanol–water partition coefficient (Wildman–Crippen LogP) is 4.41. The molecule has 1 saturated heterocycles. The first kappa shape index (κ1) is 22.2. The van der Waals surface area contributed by atoms with Crippen LogP contribution in [0.3, 0.4) is 0 Å². The number of imide groups is 1. The number of hydrogen-bond donors (Lipinski definition) is 1. The van der Waals surface area contributed by atoms with Crippen LogP contribution in [0.4, 0.5) is 11.4 Å². The van der Waals surface area contributed by atoms with Crippen LogP contribution in [0.2, 0.25) is 5.02 Å². The van der Waals surface area contributed by atoms with Gasteiger partial charge >= 0.3 is 0 Å². The highest BCUT2D eigenvalue weighted by Crippen LogP contribution is 2.37. The van der Waals surface area contributed by atoms with Gasteiger partial charge in [-0.05, 0) is 61.7 Å². The van der Waals surface area contributed by atoms with E-state index in [-0.39, 0.29) is 22.3 Å². The number of piperidine rings is 1. The zero-order valence-electron chi connectivity index (χ0n) is 17.4. The van der Waals surface area contributed by atoms with E-state index in [1.54, 1.807) is 36.4 Å². The lowest BCUT2D eigenvalue weighted by molar-refractivity contribution is -0.120. The maximum atomic E-state index is 13.0. The minimum atomic E-state index is -0.684. The summed E-state index contributed by atoms with van der Waals surface area (Å²) in [6, 6.07) is 11.3. The van der Waals surface area contributed by atoms with Crippen molar-refractivity contribution in [2.24, 2.45) is 0 Å². The Kier molecular flexibility index (Phi) is 6.39. The van der Waals surface area contributed by atoms with Crippen molar-refractivity contribution in [3.63, 3.8) is 0 Å². The number of methoxy groups -OCH3 is 1. The largest absolute Gasteiger partial charge is 0.495 e. The highest BCUT2D eigenvalue weighted by atomic mass is 35.5. The molecule has 2 aromatic rings. The number of hydrogen-bond acceptors (Lipinski definition) is 5. The van der Waals surface area contributed by atoms with Crippen molar-refractivity contribution in [1.29, 1.82) is 0 Å². The van der Waals surface area contributed by atoms with Gasteiger partial charge in [0.25, 0.3) is 17.7 Å². The van der Waals surface area contributed by atoms with Crippen LogP contribution in [0.1, 0.15) is 29.6 Å². The number of likely N-dealkylation sites (tertiary alicyclic amines) is 1. The van der Waals surface area contributed by atoms with E-state index < -0.39 is 11.8 Å². The Morgan fingerprint density at radius 2 is 1.66 bits per heavy atom. The SMILES string of the molecule is COc1ccc(Cl)cc1N1C(=O)C(Cl)=C(Nc2ccc(C(=O)N3CCCCC3)cc2)C1=O. The Morgan fingerprint density at radius 1 is 0.969 bits per heavy atom. The summed E-state index contributed by atoms with van der Waals surface area (Å²) in [6.07, 6.45) is 3.18. The van der Waals surface area contributed by atoms with E-state index in [9.17, 15) is 14.4 Å². The third-order valence-electron chi connectivity index (χ3n) is 5.45. The number of benzene rings is 2. The molecule has 0 aliphatic carbocycles. The van der Waals surface area contributed by atoms with Gasteiger partial charge in [0.05, 0.1) is 12.8 Å². The average molecular weight is 474 g/mol. The van der Waals surface area contributed by atoms with Crippen molar-refractivity contribution in [1.82, 2.24) is 4.90 Å². The number of anilines is 2. The molecule has 0 spiro atoms. The molecule has 0 bridgehead atoms. The van der Waals surface area contributed by atoms with Gasteiger partial charge in [0.15, 0.2) is 0 Å². The smallest absolute Gasteiger partial charge is 0.283 e. The van der Waals surface area contributed by atoms with E-state index in [4.69, 9.17) is 27.9 Å². The number of nitrogens with one attached hydrogen (secondary N) is 1. The fourth-order valence-corrected chi connectivity index (χ4v) is 4.17. The molecule has 1 fully saturated rings. The lowest BCUT2D eigenvalue weighted by Crippen LogP contribution is -2.35. The van der Waals surface area contributed by atoms with E-state index in [2.05, 4.69) is 5.32 Å². The zero-order valence-corrected chi connectivity index (χ0v) is 18.9. The fourth-order valence-electron chi connectivity index (χ4n) is 3.79. The van der Waals surface area contributed by atoms with E-state index in [1.165, 1.54) is 13.2 Å². The van der Waals surface area contributed by atoms with Gasteiger partial charge in [-0.15, -0.1) is 0 Å². The zero-order chi connectivity index (χ0) is 22.8. The molecular formula is C23H21Cl2N3O4. The Hall–Kier alpha value is -3.03. The van der Waals surface area contributed by atoms with Crippen LogP contribution in [0.25, 0.3) is 0 Å². The molecule has 2 aromatic carbocycles. The Balaban J connectivity index is 1.53. The predicted molar refractivity (Wildman–Crippen MR) is 123 cm³/mol. The van der Waals surface area contributed by atoms with Crippen LogP contribution in [-0.2, 0) is 9.59 Å². The van der Waals surface area contributed by atoms with Crippen LogP contribution < -0.4 is 15.0 Å². The number of nitrogens with zero attached hydrogens (tertiary/aromatic N) is 2. The molecule has 2 aliphatic rings. The normalized spacial score (nSPS) is 16.6. The summed E-state index contributed by atoms with van der Waals surface area (Å²) < 4.78 is 5.26. The Morgan fingerprint density at radius 3 is 2.31 bits per heavy atom. The second kappa shape index (κ2) is 9.22. The third-order valence-corrected chi connectivity index (χ3v) is 6.04. The van der Waals surface area contributed by atoms with Crippen molar-refractivity contribution in [2.45, 2.75) is 19.3 Å². The number of halogens is 2. The topological polar surface area (TPSA) is 79.0 Å². The first-order valence-corrected chi connectivity index (χ1v) is 10.9. The Bertz CT molecular complexity index is 1110. The van der Waals surface area contributed by atoms with Crippen LogP contribution in [0, 0.1) is 0 Å². The molecule has 2 aliphatic heterocycles. The summed E-state index contributed by atoms with van der Waals surface area (Å²) in [4.78, 5) is 41.2. The molecule has 7 nitrogen and oxygen atoms in total. The molecule has 0 saturated carbocycles. The highest BCUT2D eigenvalue weighted by molar-refractivity contribution is 6.53. The number of rotatable bonds is 5. The summed E-state index contributed by atoms with van der Waals surface area (Å²) in [5.41, 5.74) is 1.23. The summed E-state index contributed by atoms with van der Waals surface area (Å²) in [6.45, 7) is 1.53. The van der Waals surface area contributed by atoms with Gasteiger partial charge in [0.2, 0.25) is 0 Å². The number of amides is 3. The molecule has 4 rings (SSSR count). The second-order valence-corrected chi connectivity index (χ2v) is 8.32. The van der Waals surface area contributed by atoms with Crippen molar-refractivity contribution < 1.29 is 19.1 Å². The molecule has 166 valence electrons. The lowest BCUT2D eigenvalue weighted by Gasteiger charge is -2.26. The number of carbonyl (C=O) groups is 3. The monoisotopic (exact) mass is 473 g/mol. The highest BCUT2D eigenvalue weighted by Gasteiger charge is 2.40. The Labute approximate surface area is 195 Å². The van der Waals surface area contributed by atoms with Gasteiger partial charge in [-0.2, -0.15) is 0 Å². The van der Waals surface area contributed by atoms with E-state index in [0.29, 0.717) is 22.0 Å². The van der Waals surface area contributed by atoms with Gasteiger partial charge in [0, 0.05) is 29.4 Å². The summed E-state index contributed by atoms with van der Waals surface area (Å²) >= 11 is 12.3. The summed E-state index contributed by atoms with van der Waals surface area (Å²) in [7, 11) is 1.43. The fraction of sp³-hybridized carbons (Fsp3) is 0.261. The van der Waals surface area contributed by atoms with Gasteiger partial charge in [-0.1, -0.05) is 23.2 Å². The molecule has 32 heavy (non-hydrogen) atoms. The molecule has 2 heterocycles. The van der Waals surface area contributed by atoms with Crippen molar-refractivity contribution in [3.05, 3.63) is 63.8 Å². The first-order chi connectivity index (χ1) is 15.4. The van der Waals surface area contributed by atoms with Crippen LogP contribution in [0.15, 0.2) is 53.2 Å². The molecule has 3 amide bonds. The number of ether oxygens (including phenoxy) is 1. The summed E-state index contributed by atoms with van der Waals surface area (Å²) in [5.74, 6) is -1.02. The van der Waals surface area contributed by atoms with E-state index in [1.807, 2.05) is 4.90 Å². The molecule has 9 heteroatoms. The van der Waals surface area contributed by atoms with Crippen molar-refractivity contribution >= 4 is 52.3 Å².